The molecule has 5 N–H and O–H groups in total. The van der Waals surface area contributed by atoms with Crippen molar-refractivity contribution in [1.82, 2.24) is 14.8 Å². The van der Waals surface area contributed by atoms with E-state index in [1.165, 1.54) is 0 Å². The highest BCUT2D eigenvalue weighted by molar-refractivity contribution is 6.04. The summed E-state index contributed by atoms with van der Waals surface area (Å²) in [4.78, 5) is 28.8. The molecule has 0 saturated carbocycles. The molecule has 0 unspecified atom stereocenters. The highest BCUT2D eigenvalue weighted by Crippen LogP contribution is 2.35. The molecule has 3 aromatic rings. The first-order valence-corrected chi connectivity index (χ1v) is 12.6. The van der Waals surface area contributed by atoms with Gasteiger partial charge in [0.2, 0.25) is 5.88 Å². The zero-order valence-corrected chi connectivity index (χ0v) is 23.0. The fraction of sp³-hybridized carbons (Fsp3) is 0.429. The fourth-order valence-corrected chi connectivity index (χ4v) is 3.74. The largest absolute Gasteiger partial charge is 0.478 e. The predicted octanol–water partition coefficient (Wildman–Crippen LogP) is 5.02. The number of carbonyl (C=O) groups excluding carboxylic acids is 2. The Morgan fingerprint density at radius 1 is 1.03 bits per heavy atom. The quantitative estimate of drug-likeness (QED) is 0.191. The van der Waals surface area contributed by atoms with Crippen LogP contribution in [0, 0.1) is 0 Å². The van der Waals surface area contributed by atoms with E-state index in [-0.39, 0.29) is 11.5 Å². The number of primary amides is 1. The molecule has 1 amide bonds. The van der Waals surface area contributed by atoms with Gasteiger partial charge in [-0.15, -0.1) is 0 Å². The van der Waals surface area contributed by atoms with Gasteiger partial charge in [-0.3, -0.25) is 9.59 Å². The lowest BCUT2D eigenvalue weighted by molar-refractivity contribution is -0.154. The minimum Gasteiger partial charge on any atom is -0.478 e. The minimum absolute atomic E-state index is 0.221. The van der Waals surface area contributed by atoms with Crippen molar-refractivity contribution >= 4 is 29.1 Å². The number of unbranched alkanes of at least 4 members (excludes halogenated alkanes) is 1. The van der Waals surface area contributed by atoms with Gasteiger partial charge in [0.25, 0.3) is 5.91 Å². The summed E-state index contributed by atoms with van der Waals surface area (Å²) in [7, 11) is 0. The van der Waals surface area contributed by atoms with Crippen molar-refractivity contribution in [3.63, 3.8) is 0 Å². The maximum Gasteiger partial charge on any atom is 0.306 e. The first kappa shape index (κ1) is 28.5. The Bertz CT molecular complexity index is 1270. The summed E-state index contributed by atoms with van der Waals surface area (Å²) in [6.45, 7) is 11.9. The van der Waals surface area contributed by atoms with Crippen LogP contribution < -0.4 is 21.5 Å². The Kier molecular flexibility index (Phi) is 8.65. The Hall–Kier alpha value is -4.08. The molecule has 0 bridgehead atoms. The van der Waals surface area contributed by atoms with Crippen LogP contribution in [0.2, 0.25) is 0 Å². The number of anilines is 3. The van der Waals surface area contributed by atoms with E-state index in [4.69, 9.17) is 26.0 Å². The van der Waals surface area contributed by atoms with Crippen LogP contribution >= 0.6 is 0 Å². The van der Waals surface area contributed by atoms with Crippen molar-refractivity contribution in [2.75, 3.05) is 17.7 Å². The Labute approximate surface area is 223 Å². The molecule has 0 aliphatic heterocycles. The van der Waals surface area contributed by atoms with E-state index in [0.29, 0.717) is 54.6 Å². The number of aromatic nitrogens is 3. The van der Waals surface area contributed by atoms with E-state index in [2.05, 4.69) is 10.3 Å². The molecule has 0 aliphatic rings. The molecule has 10 heteroatoms. The average molecular weight is 523 g/mol. The average Bonchev–Trinajstić information content (AvgIpc) is 3.18. The molecular weight excluding hydrogens is 484 g/mol. The monoisotopic (exact) mass is 522 g/mol. The molecule has 3 rings (SSSR count). The molecule has 10 nitrogen and oxygen atoms in total. The van der Waals surface area contributed by atoms with Crippen molar-refractivity contribution in [1.29, 1.82) is 0 Å². The standard InChI is InChI=1S/C28H38N6O4/c1-27(2,3)34-26(23(25(30)36)24(33-34)18-10-12-19(29)13-11-18)32-20-14-15-31-21(17-20)37-16-8-7-9-22(35)38-28(4,5)6/h10-15,17H,7-9,16,29H2,1-6H3,(H2,30,36)(H,31,32). The first-order chi connectivity index (χ1) is 17.7. The van der Waals surface area contributed by atoms with Gasteiger partial charge in [-0.25, -0.2) is 9.67 Å². The number of ether oxygens (including phenoxy) is 2. The molecule has 2 heterocycles. The van der Waals surface area contributed by atoms with Crippen molar-refractivity contribution in [3.8, 4) is 17.1 Å². The molecule has 1 aromatic carbocycles. The highest BCUT2D eigenvalue weighted by atomic mass is 16.6. The van der Waals surface area contributed by atoms with Crippen molar-refractivity contribution in [2.45, 2.75) is 71.9 Å². The van der Waals surface area contributed by atoms with Crippen molar-refractivity contribution < 1.29 is 19.1 Å². The third kappa shape index (κ3) is 7.71. The van der Waals surface area contributed by atoms with E-state index in [1.54, 1.807) is 35.1 Å². The van der Waals surface area contributed by atoms with Crippen LogP contribution in [0.15, 0.2) is 42.6 Å². The molecule has 0 saturated heterocycles. The van der Waals surface area contributed by atoms with E-state index in [0.717, 1.165) is 5.56 Å². The summed E-state index contributed by atoms with van der Waals surface area (Å²) in [6.07, 6.45) is 3.26. The second-order valence-electron chi connectivity index (χ2n) is 11.0. The number of amides is 1. The zero-order chi connectivity index (χ0) is 28.1. The number of carbonyl (C=O) groups is 2. The van der Waals surface area contributed by atoms with E-state index in [9.17, 15) is 9.59 Å². The first-order valence-electron chi connectivity index (χ1n) is 12.6. The molecule has 0 fully saturated rings. The lowest BCUT2D eigenvalue weighted by Gasteiger charge is -2.23. The van der Waals surface area contributed by atoms with Gasteiger partial charge in [-0.05, 0) is 72.6 Å². The fourth-order valence-electron chi connectivity index (χ4n) is 3.74. The number of nitrogen functional groups attached to an aromatic ring is 1. The summed E-state index contributed by atoms with van der Waals surface area (Å²) in [6, 6.07) is 10.6. The van der Waals surface area contributed by atoms with Crippen molar-refractivity contribution in [2.24, 2.45) is 5.73 Å². The van der Waals surface area contributed by atoms with E-state index < -0.39 is 17.0 Å². The number of benzene rings is 1. The van der Waals surface area contributed by atoms with Crippen LogP contribution in [0.4, 0.5) is 17.2 Å². The van der Waals surface area contributed by atoms with Crippen LogP contribution in [0.25, 0.3) is 11.3 Å². The summed E-state index contributed by atoms with van der Waals surface area (Å²) < 4.78 is 12.9. The maximum atomic E-state index is 12.6. The SMILES string of the molecule is CC(C)(C)OC(=O)CCCCOc1cc(Nc2c(C(N)=O)c(-c3ccc(N)cc3)nn2C(C)(C)C)ccn1. The molecule has 204 valence electrons. The van der Waals surface area contributed by atoms with Crippen LogP contribution in [0.3, 0.4) is 0 Å². The Balaban J connectivity index is 1.77. The summed E-state index contributed by atoms with van der Waals surface area (Å²) in [5.74, 6) is 0.0472. The molecular formula is C28H38N6O4. The van der Waals surface area contributed by atoms with Crippen LogP contribution in [0.1, 0.15) is 71.2 Å². The number of nitrogens with one attached hydrogen (secondary N) is 1. The molecule has 0 aliphatic carbocycles. The van der Waals surface area contributed by atoms with Crippen LogP contribution in [-0.4, -0.2) is 38.8 Å². The number of rotatable bonds is 10. The van der Waals surface area contributed by atoms with Gasteiger partial charge in [0.15, 0.2) is 0 Å². The van der Waals surface area contributed by atoms with Gasteiger partial charge in [-0.2, -0.15) is 5.10 Å². The second-order valence-corrected chi connectivity index (χ2v) is 11.0. The lowest BCUT2D eigenvalue weighted by Crippen LogP contribution is -2.25. The smallest absolute Gasteiger partial charge is 0.306 e. The van der Waals surface area contributed by atoms with Gasteiger partial charge in [0, 0.05) is 35.6 Å². The molecule has 0 atom stereocenters. The number of pyridine rings is 1. The van der Waals surface area contributed by atoms with Crippen LogP contribution in [-0.2, 0) is 15.1 Å². The number of nitrogens with two attached hydrogens (primary N) is 2. The Morgan fingerprint density at radius 3 is 2.32 bits per heavy atom. The summed E-state index contributed by atoms with van der Waals surface area (Å²) in [5, 5.41) is 8.06. The van der Waals surface area contributed by atoms with Gasteiger partial charge in [0.05, 0.1) is 12.1 Å². The summed E-state index contributed by atoms with van der Waals surface area (Å²) in [5.41, 5.74) is 13.5. The predicted molar refractivity (Wildman–Crippen MR) is 148 cm³/mol. The number of nitrogens with zero attached hydrogens (tertiary/aromatic N) is 3. The lowest BCUT2D eigenvalue weighted by atomic mass is 10.1. The number of hydrogen-bond donors (Lipinski definition) is 3. The van der Waals surface area contributed by atoms with Crippen molar-refractivity contribution in [3.05, 3.63) is 48.2 Å². The van der Waals surface area contributed by atoms with E-state index >= 15 is 0 Å². The molecule has 0 radical (unpaired) electrons. The maximum absolute atomic E-state index is 12.6. The Morgan fingerprint density at radius 2 is 1.71 bits per heavy atom. The van der Waals surface area contributed by atoms with Gasteiger partial charge in [-0.1, -0.05) is 12.1 Å². The summed E-state index contributed by atoms with van der Waals surface area (Å²) >= 11 is 0. The zero-order valence-electron chi connectivity index (χ0n) is 23.0. The topological polar surface area (TPSA) is 147 Å². The van der Waals surface area contributed by atoms with E-state index in [1.807, 2.05) is 53.7 Å². The van der Waals surface area contributed by atoms with Gasteiger partial charge >= 0.3 is 5.97 Å². The number of hydrogen-bond acceptors (Lipinski definition) is 8. The third-order valence-corrected chi connectivity index (χ3v) is 5.39. The second kappa shape index (κ2) is 11.5. The van der Waals surface area contributed by atoms with Gasteiger partial charge < -0.3 is 26.3 Å². The van der Waals surface area contributed by atoms with Crippen LogP contribution in [0.5, 0.6) is 5.88 Å². The third-order valence-electron chi connectivity index (χ3n) is 5.39. The minimum atomic E-state index is -0.606. The normalized spacial score (nSPS) is 11.7. The highest BCUT2D eigenvalue weighted by Gasteiger charge is 2.29. The number of esters is 1. The molecule has 38 heavy (non-hydrogen) atoms. The molecule has 0 spiro atoms. The molecule has 2 aromatic heterocycles. The van der Waals surface area contributed by atoms with Gasteiger partial charge in [0.1, 0.15) is 22.7 Å².